The largest absolute Gasteiger partial charge is 0.382 e. The summed E-state index contributed by atoms with van der Waals surface area (Å²) in [5, 5.41) is 10.7. The first-order chi connectivity index (χ1) is 8.51. The normalized spacial score (nSPS) is 18.6. The number of halogens is 2. The second-order valence-corrected chi connectivity index (χ2v) is 5.36. The van der Waals surface area contributed by atoms with Gasteiger partial charge in [0, 0.05) is 11.4 Å². The van der Waals surface area contributed by atoms with E-state index in [1.807, 2.05) is 0 Å². The second kappa shape index (κ2) is 5.37. The van der Waals surface area contributed by atoms with Gasteiger partial charge in [-0.15, -0.1) is 0 Å². The van der Waals surface area contributed by atoms with Crippen LogP contribution in [-0.4, -0.2) is 16.5 Å². The maximum Gasteiger partial charge on any atom is 0.168 e. The average molecular weight is 271 g/mol. The highest BCUT2D eigenvalue weighted by Gasteiger charge is 2.36. The first-order valence-corrected chi connectivity index (χ1v) is 6.59. The van der Waals surface area contributed by atoms with E-state index in [0.29, 0.717) is 17.9 Å². The van der Waals surface area contributed by atoms with Gasteiger partial charge in [-0.1, -0.05) is 30.9 Å². The standard InChI is InChI=1S/C14H16ClFO2/c15-11-4-5-12(16)10(8-11)9-13(17)14(18)6-2-1-3-7-14/h4-5,8,18H,1-3,6-7,9H2. The van der Waals surface area contributed by atoms with Crippen LogP contribution < -0.4 is 0 Å². The molecule has 1 fully saturated rings. The molecule has 0 spiro atoms. The maximum absolute atomic E-state index is 13.5. The molecule has 0 bridgehead atoms. The monoisotopic (exact) mass is 270 g/mol. The van der Waals surface area contributed by atoms with E-state index in [0.717, 1.165) is 19.3 Å². The Hall–Kier alpha value is -0.930. The van der Waals surface area contributed by atoms with Gasteiger partial charge in [0.15, 0.2) is 5.78 Å². The van der Waals surface area contributed by atoms with Crippen LogP contribution in [0, 0.1) is 5.82 Å². The lowest BCUT2D eigenvalue weighted by Gasteiger charge is -2.30. The third kappa shape index (κ3) is 2.90. The summed E-state index contributed by atoms with van der Waals surface area (Å²) in [6, 6.07) is 4.14. The fraction of sp³-hybridized carbons (Fsp3) is 0.500. The van der Waals surface area contributed by atoms with Crippen LogP contribution in [0.5, 0.6) is 0 Å². The van der Waals surface area contributed by atoms with E-state index < -0.39 is 11.4 Å². The molecule has 0 aliphatic heterocycles. The minimum Gasteiger partial charge on any atom is -0.382 e. The van der Waals surface area contributed by atoms with Crippen LogP contribution in [0.15, 0.2) is 18.2 Å². The Morgan fingerprint density at radius 2 is 2.00 bits per heavy atom. The highest BCUT2D eigenvalue weighted by Crippen LogP contribution is 2.30. The smallest absolute Gasteiger partial charge is 0.168 e. The van der Waals surface area contributed by atoms with Crippen LogP contribution in [0.2, 0.25) is 5.02 Å². The quantitative estimate of drug-likeness (QED) is 0.915. The van der Waals surface area contributed by atoms with Crippen LogP contribution >= 0.6 is 11.6 Å². The van der Waals surface area contributed by atoms with Crippen molar-refractivity contribution in [2.75, 3.05) is 0 Å². The molecule has 1 aliphatic carbocycles. The lowest BCUT2D eigenvalue weighted by atomic mass is 9.80. The summed E-state index contributed by atoms with van der Waals surface area (Å²) in [7, 11) is 0. The summed E-state index contributed by atoms with van der Waals surface area (Å²) in [6.07, 6.45) is 3.60. The molecule has 0 saturated heterocycles. The Kier molecular flexibility index (Phi) is 4.03. The summed E-state index contributed by atoms with van der Waals surface area (Å²) in [5.74, 6) is -0.754. The number of carbonyl (C=O) groups excluding carboxylic acids is 1. The van der Waals surface area contributed by atoms with E-state index in [1.54, 1.807) is 0 Å². The lowest BCUT2D eigenvalue weighted by molar-refractivity contribution is -0.139. The van der Waals surface area contributed by atoms with E-state index in [9.17, 15) is 14.3 Å². The Bertz CT molecular complexity index is 453. The molecule has 1 saturated carbocycles. The zero-order valence-corrected chi connectivity index (χ0v) is 10.8. The van der Waals surface area contributed by atoms with Crippen molar-refractivity contribution in [3.8, 4) is 0 Å². The zero-order chi connectivity index (χ0) is 13.2. The number of rotatable bonds is 3. The van der Waals surface area contributed by atoms with E-state index in [1.165, 1.54) is 18.2 Å². The summed E-state index contributed by atoms with van der Waals surface area (Å²) < 4.78 is 13.5. The summed E-state index contributed by atoms with van der Waals surface area (Å²) in [5.41, 5.74) is -1.01. The van der Waals surface area contributed by atoms with Gasteiger partial charge in [0.05, 0.1) is 0 Å². The minimum absolute atomic E-state index is 0.0944. The molecule has 0 radical (unpaired) electrons. The molecule has 2 nitrogen and oxygen atoms in total. The minimum atomic E-state index is -1.27. The molecule has 1 aromatic rings. The van der Waals surface area contributed by atoms with Crippen molar-refractivity contribution in [3.05, 3.63) is 34.6 Å². The predicted octanol–water partition coefficient (Wildman–Crippen LogP) is 3.29. The van der Waals surface area contributed by atoms with E-state index in [4.69, 9.17) is 11.6 Å². The molecule has 2 rings (SSSR count). The van der Waals surface area contributed by atoms with Gasteiger partial charge in [0.1, 0.15) is 11.4 Å². The van der Waals surface area contributed by atoms with Crippen LogP contribution in [-0.2, 0) is 11.2 Å². The van der Waals surface area contributed by atoms with Gasteiger partial charge in [-0.25, -0.2) is 4.39 Å². The number of Topliss-reactive ketones (excluding diaryl/α,β-unsaturated/α-hetero) is 1. The van der Waals surface area contributed by atoms with Crippen molar-refractivity contribution in [3.63, 3.8) is 0 Å². The SMILES string of the molecule is O=C(Cc1cc(Cl)ccc1F)C1(O)CCCCC1. The number of aliphatic hydroxyl groups is 1. The van der Waals surface area contributed by atoms with Gasteiger partial charge in [-0.3, -0.25) is 4.79 Å². The molecule has 0 atom stereocenters. The molecule has 98 valence electrons. The van der Waals surface area contributed by atoms with Crippen molar-refractivity contribution >= 4 is 17.4 Å². The molecular weight excluding hydrogens is 255 g/mol. The van der Waals surface area contributed by atoms with Crippen LogP contribution in [0.3, 0.4) is 0 Å². The fourth-order valence-corrected chi connectivity index (χ4v) is 2.63. The predicted molar refractivity (Wildman–Crippen MR) is 68.2 cm³/mol. The van der Waals surface area contributed by atoms with Gasteiger partial charge in [-0.05, 0) is 36.6 Å². The first-order valence-electron chi connectivity index (χ1n) is 6.21. The molecule has 1 aliphatic rings. The number of carbonyl (C=O) groups is 1. The molecule has 1 aromatic carbocycles. The molecule has 0 amide bonds. The van der Waals surface area contributed by atoms with Gasteiger partial charge in [-0.2, -0.15) is 0 Å². The highest BCUT2D eigenvalue weighted by atomic mass is 35.5. The lowest BCUT2D eigenvalue weighted by Crippen LogP contribution is -2.41. The fourth-order valence-electron chi connectivity index (χ4n) is 2.43. The van der Waals surface area contributed by atoms with Gasteiger partial charge in [0.2, 0.25) is 0 Å². The van der Waals surface area contributed by atoms with Crippen LogP contribution in [0.25, 0.3) is 0 Å². The number of hydrogen-bond acceptors (Lipinski definition) is 2. The van der Waals surface area contributed by atoms with Crippen molar-refractivity contribution in [1.29, 1.82) is 0 Å². The second-order valence-electron chi connectivity index (χ2n) is 4.93. The molecule has 1 N–H and O–H groups in total. The maximum atomic E-state index is 13.5. The Morgan fingerprint density at radius 1 is 1.33 bits per heavy atom. The van der Waals surface area contributed by atoms with E-state index in [2.05, 4.69) is 0 Å². The van der Waals surface area contributed by atoms with Gasteiger partial charge >= 0.3 is 0 Å². The first kappa shape index (κ1) is 13.5. The van der Waals surface area contributed by atoms with Gasteiger partial charge in [0.25, 0.3) is 0 Å². The zero-order valence-electron chi connectivity index (χ0n) is 10.1. The van der Waals surface area contributed by atoms with Crippen molar-refractivity contribution in [2.45, 2.75) is 44.1 Å². The Morgan fingerprint density at radius 3 is 2.67 bits per heavy atom. The summed E-state index contributed by atoms with van der Waals surface area (Å²) >= 11 is 5.78. The van der Waals surface area contributed by atoms with Crippen molar-refractivity contribution in [1.82, 2.24) is 0 Å². The van der Waals surface area contributed by atoms with E-state index in [-0.39, 0.29) is 17.8 Å². The highest BCUT2D eigenvalue weighted by molar-refractivity contribution is 6.30. The van der Waals surface area contributed by atoms with Crippen molar-refractivity contribution in [2.24, 2.45) is 0 Å². The Labute approximate surface area is 111 Å². The third-order valence-electron chi connectivity index (χ3n) is 3.56. The van der Waals surface area contributed by atoms with Crippen LogP contribution in [0.1, 0.15) is 37.7 Å². The average Bonchev–Trinajstić information content (AvgIpc) is 2.35. The van der Waals surface area contributed by atoms with Crippen molar-refractivity contribution < 1.29 is 14.3 Å². The number of hydrogen-bond donors (Lipinski definition) is 1. The third-order valence-corrected chi connectivity index (χ3v) is 3.79. The summed E-state index contributed by atoms with van der Waals surface area (Å²) in [6.45, 7) is 0. The number of benzene rings is 1. The summed E-state index contributed by atoms with van der Waals surface area (Å²) in [4.78, 5) is 12.1. The number of ketones is 1. The van der Waals surface area contributed by atoms with E-state index >= 15 is 0 Å². The molecule has 0 heterocycles. The molecule has 0 aromatic heterocycles. The molecule has 0 unspecified atom stereocenters. The van der Waals surface area contributed by atoms with Crippen LogP contribution in [0.4, 0.5) is 4.39 Å². The molecule has 18 heavy (non-hydrogen) atoms. The molecule has 4 heteroatoms. The topological polar surface area (TPSA) is 37.3 Å². The molecular formula is C14H16ClFO2. The van der Waals surface area contributed by atoms with Gasteiger partial charge < -0.3 is 5.11 Å². The Balaban J connectivity index is 2.13.